The van der Waals surface area contributed by atoms with Crippen molar-refractivity contribution >= 4 is 26.9 Å². The van der Waals surface area contributed by atoms with Gasteiger partial charge in [0.25, 0.3) is 0 Å². The van der Waals surface area contributed by atoms with E-state index in [1.807, 2.05) is 55.1 Å². The Kier molecular flexibility index (Phi) is 9.51. The molecule has 228 valence electrons. The minimum absolute atomic E-state index is 0.0613. The number of ether oxygens (including phenoxy) is 2. The molecule has 4 aromatic rings. The summed E-state index contributed by atoms with van der Waals surface area (Å²) in [5.41, 5.74) is 4.36. The first kappa shape index (κ1) is 30.7. The summed E-state index contributed by atoms with van der Waals surface area (Å²) in [5.74, 6) is 0.167. The SMILES string of the molecule is CCOC(=O)c1c(C)n(Cc2ccccc2)c2ccc(OC[C@@H](O)CN3CCN(S(=O)(=O)c4ccc(C)cc4)CC3)cc12. The van der Waals surface area contributed by atoms with Gasteiger partial charge in [0.15, 0.2) is 0 Å². The van der Waals surface area contributed by atoms with Crippen LogP contribution >= 0.6 is 0 Å². The van der Waals surface area contributed by atoms with Crippen molar-refractivity contribution < 1.29 is 27.8 Å². The Morgan fingerprint density at radius 3 is 2.33 bits per heavy atom. The van der Waals surface area contributed by atoms with Gasteiger partial charge >= 0.3 is 5.97 Å². The second-order valence-electron chi connectivity index (χ2n) is 10.9. The molecule has 9 nitrogen and oxygen atoms in total. The van der Waals surface area contributed by atoms with Crippen LogP contribution in [0.4, 0.5) is 0 Å². The number of aromatic nitrogens is 1. The van der Waals surface area contributed by atoms with E-state index in [9.17, 15) is 18.3 Å². The first-order chi connectivity index (χ1) is 20.7. The van der Waals surface area contributed by atoms with E-state index in [0.717, 1.165) is 27.7 Å². The summed E-state index contributed by atoms with van der Waals surface area (Å²) in [4.78, 5) is 15.3. The number of hydrogen-bond donors (Lipinski definition) is 1. The van der Waals surface area contributed by atoms with Gasteiger partial charge in [0, 0.05) is 55.9 Å². The van der Waals surface area contributed by atoms with Gasteiger partial charge in [0.2, 0.25) is 10.0 Å². The van der Waals surface area contributed by atoms with Crippen LogP contribution < -0.4 is 4.74 Å². The first-order valence-electron chi connectivity index (χ1n) is 14.6. The van der Waals surface area contributed by atoms with Crippen molar-refractivity contribution in [3.8, 4) is 5.75 Å². The van der Waals surface area contributed by atoms with Gasteiger partial charge in [-0.15, -0.1) is 0 Å². The standard InChI is InChI=1S/C33H39N3O6S/c1-4-41-33(38)32-25(3)36(21-26-8-6-5-7-9-26)31-15-12-28(20-30(31)32)42-23-27(37)22-34-16-18-35(19-17-34)43(39,40)29-13-10-24(2)11-14-29/h5-15,20,27,37H,4,16-19,21-23H2,1-3H3/t27-/m0/s1. The number of esters is 1. The third-order valence-corrected chi connectivity index (χ3v) is 9.77. The van der Waals surface area contributed by atoms with E-state index < -0.39 is 16.1 Å². The van der Waals surface area contributed by atoms with Gasteiger partial charge in [-0.25, -0.2) is 13.2 Å². The number of aliphatic hydroxyl groups excluding tert-OH is 1. The van der Waals surface area contributed by atoms with Crippen molar-refractivity contribution in [2.75, 3.05) is 45.9 Å². The van der Waals surface area contributed by atoms with Crippen LogP contribution in [0.2, 0.25) is 0 Å². The van der Waals surface area contributed by atoms with Crippen LogP contribution in [0.5, 0.6) is 5.75 Å². The number of aliphatic hydroxyl groups is 1. The largest absolute Gasteiger partial charge is 0.491 e. The second kappa shape index (κ2) is 13.3. The molecule has 3 aromatic carbocycles. The van der Waals surface area contributed by atoms with Crippen molar-refractivity contribution in [2.24, 2.45) is 0 Å². The van der Waals surface area contributed by atoms with Crippen LogP contribution in [-0.4, -0.2) is 85.3 Å². The van der Waals surface area contributed by atoms with Crippen molar-refractivity contribution in [2.45, 2.75) is 38.3 Å². The maximum Gasteiger partial charge on any atom is 0.340 e. The van der Waals surface area contributed by atoms with Gasteiger partial charge in [0.05, 0.1) is 17.1 Å². The molecular weight excluding hydrogens is 566 g/mol. The van der Waals surface area contributed by atoms with Crippen molar-refractivity contribution in [3.05, 3.63) is 95.2 Å². The minimum atomic E-state index is -3.54. The second-order valence-corrected chi connectivity index (χ2v) is 12.9. The van der Waals surface area contributed by atoms with Gasteiger partial charge in [-0.3, -0.25) is 4.90 Å². The number of hydrogen-bond acceptors (Lipinski definition) is 7. The van der Waals surface area contributed by atoms with Crippen LogP contribution in [0.3, 0.4) is 0 Å². The van der Waals surface area contributed by atoms with E-state index in [0.29, 0.717) is 55.5 Å². The third kappa shape index (κ3) is 6.94. The molecule has 0 bridgehead atoms. The van der Waals surface area contributed by atoms with Crippen LogP contribution in [0, 0.1) is 13.8 Å². The lowest BCUT2D eigenvalue weighted by molar-refractivity contribution is 0.0526. The Morgan fingerprint density at radius 1 is 0.953 bits per heavy atom. The fraction of sp³-hybridized carbons (Fsp3) is 0.364. The van der Waals surface area contributed by atoms with E-state index in [1.165, 1.54) is 4.31 Å². The molecule has 0 radical (unpaired) electrons. The van der Waals surface area contributed by atoms with Crippen LogP contribution in [-0.2, 0) is 21.3 Å². The summed E-state index contributed by atoms with van der Waals surface area (Å²) in [6.07, 6.45) is -0.773. The summed E-state index contributed by atoms with van der Waals surface area (Å²) in [7, 11) is -3.54. The summed E-state index contributed by atoms with van der Waals surface area (Å²) in [6, 6.07) is 22.6. The number of β-amino-alcohol motifs (C(OH)–C–C–N with tert-alkyl or cyclic N) is 1. The van der Waals surface area contributed by atoms with Gasteiger partial charge in [-0.2, -0.15) is 4.31 Å². The minimum Gasteiger partial charge on any atom is -0.491 e. The van der Waals surface area contributed by atoms with E-state index in [4.69, 9.17) is 9.47 Å². The summed E-state index contributed by atoms with van der Waals surface area (Å²) in [5, 5.41) is 11.5. The number of carbonyl (C=O) groups is 1. The van der Waals surface area contributed by atoms with E-state index >= 15 is 0 Å². The van der Waals surface area contributed by atoms with E-state index in [2.05, 4.69) is 16.7 Å². The Morgan fingerprint density at radius 2 is 1.65 bits per heavy atom. The molecular formula is C33H39N3O6S. The quantitative estimate of drug-likeness (QED) is 0.256. The fourth-order valence-electron chi connectivity index (χ4n) is 5.54. The molecule has 1 atom stereocenters. The van der Waals surface area contributed by atoms with E-state index in [1.54, 1.807) is 31.2 Å². The Labute approximate surface area is 253 Å². The molecule has 10 heteroatoms. The highest BCUT2D eigenvalue weighted by Gasteiger charge is 2.29. The molecule has 1 aliphatic rings. The highest BCUT2D eigenvalue weighted by Crippen LogP contribution is 2.31. The number of nitrogens with zero attached hydrogens (tertiary/aromatic N) is 3. The zero-order valence-corrected chi connectivity index (χ0v) is 25.7. The Bertz CT molecular complexity index is 1660. The lowest BCUT2D eigenvalue weighted by Gasteiger charge is -2.34. The zero-order valence-electron chi connectivity index (χ0n) is 24.9. The van der Waals surface area contributed by atoms with E-state index in [-0.39, 0.29) is 19.2 Å². The molecule has 0 spiro atoms. The molecule has 5 rings (SSSR count). The summed E-state index contributed by atoms with van der Waals surface area (Å²) < 4.78 is 41.0. The molecule has 1 N–H and O–H groups in total. The normalized spacial score (nSPS) is 15.4. The zero-order chi connectivity index (χ0) is 30.6. The summed E-state index contributed by atoms with van der Waals surface area (Å²) in [6.45, 7) is 8.70. The average molecular weight is 606 g/mol. The van der Waals surface area contributed by atoms with Gasteiger partial charge in [0.1, 0.15) is 18.5 Å². The fourth-order valence-corrected chi connectivity index (χ4v) is 6.96. The van der Waals surface area contributed by atoms with Crippen molar-refractivity contribution in [3.63, 3.8) is 0 Å². The number of carbonyl (C=O) groups excluding carboxylic acids is 1. The summed E-state index contributed by atoms with van der Waals surface area (Å²) >= 11 is 0. The van der Waals surface area contributed by atoms with Crippen molar-refractivity contribution in [1.82, 2.24) is 13.8 Å². The van der Waals surface area contributed by atoms with Gasteiger partial charge in [-0.05, 0) is 56.7 Å². The molecule has 0 saturated carbocycles. The number of piperazine rings is 1. The lowest BCUT2D eigenvalue weighted by atomic mass is 10.1. The molecule has 0 unspecified atom stereocenters. The topological polar surface area (TPSA) is 101 Å². The number of sulfonamides is 1. The maximum atomic E-state index is 13.0. The molecule has 1 aromatic heterocycles. The highest BCUT2D eigenvalue weighted by molar-refractivity contribution is 7.89. The van der Waals surface area contributed by atoms with Crippen LogP contribution in [0.15, 0.2) is 77.7 Å². The number of rotatable bonds is 11. The predicted octanol–water partition coefficient (Wildman–Crippen LogP) is 4.23. The van der Waals surface area contributed by atoms with Crippen LogP contribution in [0.1, 0.15) is 34.1 Å². The first-order valence-corrected chi connectivity index (χ1v) is 16.0. The van der Waals surface area contributed by atoms with Gasteiger partial charge in [-0.1, -0.05) is 48.0 Å². The monoisotopic (exact) mass is 605 g/mol. The molecule has 0 aliphatic carbocycles. The lowest BCUT2D eigenvalue weighted by Crippen LogP contribution is -2.50. The van der Waals surface area contributed by atoms with Crippen molar-refractivity contribution in [1.29, 1.82) is 0 Å². The highest BCUT2D eigenvalue weighted by atomic mass is 32.2. The number of fused-ring (bicyclic) bond motifs is 1. The predicted molar refractivity (Wildman–Crippen MR) is 166 cm³/mol. The average Bonchev–Trinajstić information content (AvgIpc) is 3.27. The molecule has 2 heterocycles. The van der Waals surface area contributed by atoms with Gasteiger partial charge < -0.3 is 19.1 Å². The Hall–Kier alpha value is -3.70. The van der Waals surface area contributed by atoms with Crippen LogP contribution in [0.25, 0.3) is 10.9 Å². The third-order valence-electron chi connectivity index (χ3n) is 7.86. The molecule has 43 heavy (non-hydrogen) atoms. The molecule has 1 aliphatic heterocycles. The Balaban J connectivity index is 1.22. The smallest absolute Gasteiger partial charge is 0.340 e. The molecule has 1 saturated heterocycles. The molecule has 0 amide bonds. The number of benzene rings is 3. The molecule has 1 fully saturated rings. The maximum absolute atomic E-state index is 13.0. The number of aryl methyl sites for hydroxylation is 1.